The first-order valence-corrected chi connectivity index (χ1v) is 13.9. The molecule has 4 nitrogen and oxygen atoms in total. The van der Waals surface area contributed by atoms with Crippen molar-refractivity contribution in [3.05, 3.63) is 158 Å². The molecule has 0 radical (unpaired) electrons. The molecule has 42 heavy (non-hydrogen) atoms. The minimum absolute atomic E-state index is 0.717. The fourth-order valence-corrected chi connectivity index (χ4v) is 4.99. The third-order valence-electron chi connectivity index (χ3n) is 7.25. The SMILES string of the molecule is c1ccc(-c2cc(-c3ccc(-c4ccc(-c5ccc(-c6ccccn6)nc5)cc4)cc3)nc(-c3ccccc3)n2)cc1. The van der Waals surface area contributed by atoms with Crippen LogP contribution in [0.4, 0.5) is 0 Å². The third kappa shape index (κ3) is 5.34. The van der Waals surface area contributed by atoms with Gasteiger partial charge in [0.15, 0.2) is 5.82 Å². The van der Waals surface area contributed by atoms with Gasteiger partial charge in [-0.25, -0.2) is 9.97 Å². The van der Waals surface area contributed by atoms with E-state index < -0.39 is 0 Å². The first-order chi connectivity index (χ1) is 20.8. The van der Waals surface area contributed by atoms with Crippen LogP contribution in [0.2, 0.25) is 0 Å². The lowest BCUT2D eigenvalue weighted by molar-refractivity contribution is 1.18. The van der Waals surface area contributed by atoms with Crippen LogP contribution in [0.25, 0.3) is 67.5 Å². The maximum Gasteiger partial charge on any atom is 0.160 e. The average Bonchev–Trinajstić information content (AvgIpc) is 3.09. The number of rotatable bonds is 6. The molecule has 0 amide bonds. The molecule has 7 aromatic rings. The lowest BCUT2D eigenvalue weighted by Gasteiger charge is -2.10. The predicted octanol–water partition coefficient (Wildman–Crippen LogP) is 9.27. The zero-order valence-electron chi connectivity index (χ0n) is 22.8. The Labute approximate surface area is 245 Å². The highest BCUT2D eigenvalue weighted by molar-refractivity contribution is 5.75. The van der Waals surface area contributed by atoms with Crippen LogP contribution in [0, 0.1) is 0 Å². The van der Waals surface area contributed by atoms with Gasteiger partial charge >= 0.3 is 0 Å². The summed E-state index contributed by atoms with van der Waals surface area (Å²) in [5, 5.41) is 0. The van der Waals surface area contributed by atoms with Crippen molar-refractivity contribution in [2.75, 3.05) is 0 Å². The molecule has 7 rings (SSSR count). The van der Waals surface area contributed by atoms with Crippen molar-refractivity contribution in [1.29, 1.82) is 0 Å². The highest BCUT2D eigenvalue weighted by Crippen LogP contribution is 2.30. The van der Waals surface area contributed by atoms with Gasteiger partial charge < -0.3 is 0 Å². The fourth-order valence-electron chi connectivity index (χ4n) is 4.99. The molecule has 0 aliphatic carbocycles. The number of hydrogen-bond donors (Lipinski definition) is 0. The van der Waals surface area contributed by atoms with E-state index in [1.807, 2.05) is 79.0 Å². The molecule has 0 fully saturated rings. The van der Waals surface area contributed by atoms with E-state index in [9.17, 15) is 0 Å². The van der Waals surface area contributed by atoms with Gasteiger partial charge in [-0.1, -0.05) is 121 Å². The molecule has 3 heterocycles. The molecular weight excluding hydrogens is 512 g/mol. The summed E-state index contributed by atoms with van der Waals surface area (Å²) in [5.74, 6) is 0.717. The van der Waals surface area contributed by atoms with Gasteiger partial charge in [0, 0.05) is 34.6 Å². The van der Waals surface area contributed by atoms with Crippen LogP contribution in [-0.4, -0.2) is 19.9 Å². The first kappa shape index (κ1) is 25.2. The topological polar surface area (TPSA) is 51.6 Å². The van der Waals surface area contributed by atoms with E-state index >= 15 is 0 Å². The first-order valence-electron chi connectivity index (χ1n) is 13.9. The Morgan fingerprint density at radius 2 is 0.786 bits per heavy atom. The summed E-state index contributed by atoms with van der Waals surface area (Å²) in [5.41, 5.74) is 11.1. The average molecular weight is 539 g/mol. The summed E-state index contributed by atoms with van der Waals surface area (Å²) in [6.07, 6.45) is 3.69. The lowest BCUT2D eigenvalue weighted by Crippen LogP contribution is -1.95. The van der Waals surface area contributed by atoms with Gasteiger partial charge in [-0.15, -0.1) is 0 Å². The van der Waals surface area contributed by atoms with Gasteiger partial charge in [-0.05, 0) is 41.0 Å². The maximum atomic E-state index is 4.95. The molecule has 0 atom stereocenters. The van der Waals surface area contributed by atoms with Gasteiger partial charge in [-0.3, -0.25) is 9.97 Å². The van der Waals surface area contributed by atoms with Crippen LogP contribution in [0.1, 0.15) is 0 Å². The Morgan fingerprint density at radius 3 is 1.33 bits per heavy atom. The van der Waals surface area contributed by atoms with Crippen molar-refractivity contribution in [2.45, 2.75) is 0 Å². The van der Waals surface area contributed by atoms with Crippen molar-refractivity contribution < 1.29 is 0 Å². The monoisotopic (exact) mass is 538 g/mol. The van der Waals surface area contributed by atoms with Gasteiger partial charge in [0.05, 0.1) is 22.8 Å². The quantitative estimate of drug-likeness (QED) is 0.212. The predicted molar refractivity (Wildman–Crippen MR) is 170 cm³/mol. The van der Waals surface area contributed by atoms with Crippen molar-refractivity contribution in [3.63, 3.8) is 0 Å². The number of hydrogen-bond acceptors (Lipinski definition) is 4. The molecule has 4 aromatic carbocycles. The molecule has 0 saturated carbocycles. The minimum atomic E-state index is 0.717. The molecule has 0 saturated heterocycles. The zero-order chi connectivity index (χ0) is 28.1. The molecule has 0 unspecified atom stereocenters. The summed E-state index contributed by atoms with van der Waals surface area (Å²) in [6, 6.07) is 49.6. The number of benzene rings is 4. The lowest BCUT2D eigenvalue weighted by atomic mass is 9.99. The van der Waals surface area contributed by atoms with Crippen LogP contribution >= 0.6 is 0 Å². The molecule has 0 aliphatic rings. The zero-order valence-corrected chi connectivity index (χ0v) is 22.8. The Morgan fingerprint density at radius 1 is 0.310 bits per heavy atom. The normalized spacial score (nSPS) is 10.9. The molecular formula is C38H26N4. The third-order valence-corrected chi connectivity index (χ3v) is 7.25. The Balaban J connectivity index is 1.15. The van der Waals surface area contributed by atoms with E-state index in [0.717, 1.165) is 61.7 Å². The van der Waals surface area contributed by atoms with Crippen LogP contribution in [0.5, 0.6) is 0 Å². The van der Waals surface area contributed by atoms with Crippen molar-refractivity contribution in [3.8, 4) is 67.5 Å². The summed E-state index contributed by atoms with van der Waals surface area (Å²) in [4.78, 5) is 18.9. The summed E-state index contributed by atoms with van der Waals surface area (Å²) < 4.78 is 0. The summed E-state index contributed by atoms with van der Waals surface area (Å²) in [6.45, 7) is 0. The number of nitrogens with zero attached hydrogens (tertiary/aromatic N) is 4. The maximum absolute atomic E-state index is 4.95. The van der Waals surface area contributed by atoms with Crippen molar-refractivity contribution >= 4 is 0 Å². The van der Waals surface area contributed by atoms with Crippen molar-refractivity contribution in [2.24, 2.45) is 0 Å². The van der Waals surface area contributed by atoms with Crippen molar-refractivity contribution in [1.82, 2.24) is 19.9 Å². The Bertz CT molecular complexity index is 1860. The second-order valence-corrected chi connectivity index (χ2v) is 10.00. The van der Waals surface area contributed by atoms with E-state index in [-0.39, 0.29) is 0 Å². The number of pyridine rings is 2. The molecule has 198 valence electrons. The summed E-state index contributed by atoms with van der Waals surface area (Å²) in [7, 11) is 0. The van der Waals surface area contributed by atoms with Crippen LogP contribution < -0.4 is 0 Å². The number of aromatic nitrogens is 4. The van der Waals surface area contributed by atoms with E-state index in [1.54, 1.807) is 6.20 Å². The van der Waals surface area contributed by atoms with Gasteiger partial charge in [-0.2, -0.15) is 0 Å². The largest absolute Gasteiger partial charge is 0.255 e. The highest BCUT2D eigenvalue weighted by Gasteiger charge is 2.11. The van der Waals surface area contributed by atoms with Crippen LogP contribution in [0.15, 0.2) is 158 Å². The van der Waals surface area contributed by atoms with Crippen LogP contribution in [0.3, 0.4) is 0 Å². The molecule has 0 N–H and O–H groups in total. The molecule has 0 aliphatic heterocycles. The molecule has 3 aromatic heterocycles. The Kier molecular flexibility index (Phi) is 6.85. The smallest absolute Gasteiger partial charge is 0.160 e. The van der Waals surface area contributed by atoms with E-state index in [4.69, 9.17) is 9.97 Å². The van der Waals surface area contributed by atoms with Gasteiger partial charge in [0.2, 0.25) is 0 Å². The van der Waals surface area contributed by atoms with Crippen LogP contribution in [-0.2, 0) is 0 Å². The molecule has 4 heteroatoms. The second-order valence-electron chi connectivity index (χ2n) is 10.00. The van der Waals surface area contributed by atoms with E-state index in [2.05, 4.69) is 82.8 Å². The second kappa shape index (κ2) is 11.4. The molecule has 0 bridgehead atoms. The summed E-state index contributed by atoms with van der Waals surface area (Å²) >= 11 is 0. The fraction of sp³-hybridized carbons (Fsp3) is 0. The van der Waals surface area contributed by atoms with Gasteiger partial charge in [0.25, 0.3) is 0 Å². The van der Waals surface area contributed by atoms with Gasteiger partial charge in [0.1, 0.15) is 0 Å². The Hall–Kier alpha value is -5.74. The molecule has 0 spiro atoms. The standard InChI is InChI=1S/C38H26N4/c1-3-9-30(10-4-1)36-25-37(42-38(41-36)32-11-5-2-6-12-32)31-20-18-28(19-21-31)27-14-16-29(17-15-27)33-22-23-35(40-26-33)34-13-7-8-24-39-34/h1-26H. The highest BCUT2D eigenvalue weighted by atomic mass is 14.9. The van der Waals surface area contributed by atoms with E-state index in [1.165, 1.54) is 0 Å². The van der Waals surface area contributed by atoms with E-state index in [0.29, 0.717) is 5.82 Å². The minimum Gasteiger partial charge on any atom is -0.255 e.